The molecule has 0 saturated carbocycles. The Morgan fingerprint density at radius 1 is 0.889 bits per heavy atom. The zero-order valence-electron chi connectivity index (χ0n) is 15.7. The normalized spacial score (nSPS) is 11.4. The first-order valence-electron chi connectivity index (χ1n) is 9.07. The SMILES string of the molecule is CSc1ccc(CN(C)Cc2c(-c3ccccc3)nc3ccccn23)cc1. The quantitative estimate of drug-likeness (QED) is 0.425. The van der Waals surface area contributed by atoms with Gasteiger partial charge in [-0.05, 0) is 43.1 Å². The van der Waals surface area contributed by atoms with Gasteiger partial charge in [0, 0.05) is 29.7 Å². The van der Waals surface area contributed by atoms with E-state index in [1.54, 1.807) is 11.8 Å². The van der Waals surface area contributed by atoms with E-state index in [4.69, 9.17) is 4.98 Å². The Bertz CT molecular complexity index is 1020. The zero-order chi connectivity index (χ0) is 18.6. The number of imidazole rings is 1. The van der Waals surface area contributed by atoms with Crippen molar-refractivity contribution >= 4 is 17.4 Å². The third-order valence-electron chi connectivity index (χ3n) is 4.71. The molecule has 3 nitrogen and oxygen atoms in total. The second-order valence-corrected chi connectivity index (χ2v) is 7.60. The van der Waals surface area contributed by atoms with Gasteiger partial charge in [0.1, 0.15) is 5.65 Å². The zero-order valence-corrected chi connectivity index (χ0v) is 16.5. The predicted octanol–water partition coefficient (Wildman–Crippen LogP) is 5.36. The summed E-state index contributed by atoms with van der Waals surface area (Å²) >= 11 is 1.78. The molecule has 136 valence electrons. The van der Waals surface area contributed by atoms with E-state index in [-0.39, 0.29) is 0 Å². The molecule has 0 amide bonds. The lowest BCUT2D eigenvalue weighted by atomic mass is 10.1. The molecule has 2 heterocycles. The van der Waals surface area contributed by atoms with E-state index in [1.165, 1.54) is 16.2 Å². The van der Waals surface area contributed by atoms with Crippen LogP contribution in [0.15, 0.2) is 83.9 Å². The largest absolute Gasteiger partial charge is 0.302 e. The molecule has 0 aliphatic rings. The molecule has 0 radical (unpaired) electrons. The highest BCUT2D eigenvalue weighted by Crippen LogP contribution is 2.26. The van der Waals surface area contributed by atoms with Gasteiger partial charge in [-0.3, -0.25) is 4.90 Å². The summed E-state index contributed by atoms with van der Waals surface area (Å²) in [6.07, 6.45) is 4.21. The maximum absolute atomic E-state index is 4.90. The number of benzene rings is 2. The summed E-state index contributed by atoms with van der Waals surface area (Å²) in [5.74, 6) is 0. The third-order valence-corrected chi connectivity index (χ3v) is 5.45. The molecular formula is C23H23N3S. The van der Waals surface area contributed by atoms with Crippen LogP contribution in [0.2, 0.25) is 0 Å². The van der Waals surface area contributed by atoms with Crippen molar-refractivity contribution in [1.29, 1.82) is 0 Å². The standard InChI is InChI=1S/C23H23N3S/c1-25(16-18-11-13-20(27-2)14-12-18)17-21-23(19-8-4-3-5-9-19)24-22-10-6-7-15-26(21)22/h3-15H,16-17H2,1-2H3. The van der Waals surface area contributed by atoms with Crippen LogP contribution in [0.4, 0.5) is 0 Å². The van der Waals surface area contributed by atoms with Crippen molar-refractivity contribution in [2.75, 3.05) is 13.3 Å². The molecule has 4 rings (SSSR count). The van der Waals surface area contributed by atoms with Gasteiger partial charge in [-0.25, -0.2) is 4.98 Å². The summed E-state index contributed by atoms with van der Waals surface area (Å²) < 4.78 is 2.20. The number of thioether (sulfide) groups is 1. The minimum atomic E-state index is 0.833. The summed E-state index contributed by atoms with van der Waals surface area (Å²) in [5, 5.41) is 0. The second kappa shape index (κ2) is 7.99. The predicted molar refractivity (Wildman–Crippen MR) is 114 cm³/mol. The average Bonchev–Trinajstić information content (AvgIpc) is 3.08. The number of hydrogen-bond acceptors (Lipinski definition) is 3. The fraction of sp³-hybridized carbons (Fsp3) is 0.174. The first-order chi connectivity index (χ1) is 13.2. The highest BCUT2D eigenvalue weighted by molar-refractivity contribution is 7.98. The molecule has 4 aromatic rings. The Labute approximate surface area is 164 Å². The lowest BCUT2D eigenvalue weighted by Gasteiger charge is -2.18. The summed E-state index contributed by atoms with van der Waals surface area (Å²) in [6.45, 7) is 1.74. The molecule has 2 aromatic carbocycles. The van der Waals surface area contributed by atoms with Crippen LogP contribution in [0.25, 0.3) is 16.9 Å². The Hall–Kier alpha value is -2.56. The molecular weight excluding hydrogens is 350 g/mol. The van der Waals surface area contributed by atoms with Crippen molar-refractivity contribution in [2.45, 2.75) is 18.0 Å². The van der Waals surface area contributed by atoms with Gasteiger partial charge in [0.2, 0.25) is 0 Å². The van der Waals surface area contributed by atoms with Gasteiger partial charge in [0.05, 0.1) is 11.4 Å². The molecule has 0 atom stereocenters. The molecule has 0 N–H and O–H groups in total. The monoisotopic (exact) mass is 373 g/mol. The van der Waals surface area contributed by atoms with E-state index < -0.39 is 0 Å². The average molecular weight is 374 g/mol. The first-order valence-corrected chi connectivity index (χ1v) is 10.3. The van der Waals surface area contributed by atoms with Gasteiger partial charge < -0.3 is 4.40 Å². The number of aromatic nitrogens is 2. The van der Waals surface area contributed by atoms with E-state index in [9.17, 15) is 0 Å². The lowest BCUT2D eigenvalue weighted by Crippen LogP contribution is -2.18. The number of nitrogens with zero attached hydrogens (tertiary/aromatic N) is 3. The van der Waals surface area contributed by atoms with Crippen molar-refractivity contribution in [3.8, 4) is 11.3 Å². The second-order valence-electron chi connectivity index (χ2n) is 6.72. The molecule has 4 heteroatoms. The van der Waals surface area contributed by atoms with Gasteiger partial charge >= 0.3 is 0 Å². The number of fused-ring (bicyclic) bond motifs is 1. The van der Waals surface area contributed by atoms with E-state index in [1.807, 2.05) is 12.1 Å². The maximum Gasteiger partial charge on any atom is 0.137 e. The molecule has 0 fully saturated rings. The minimum absolute atomic E-state index is 0.833. The number of pyridine rings is 1. The Morgan fingerprint density at radius 3 is 2.37 bits per heavy atom. The molecule has 0 saturated heterocycles. The Kier molecular flexibility index (Phi) is 5.28. The Balaban J connectivity index is 1.64. The van der Waals surface area contributed by atoms with E-state index in [2.05, 4.69) is 89.5 Å². The van der Waals surface area contributed by atoms with Crippen molar-refractivity contribution in [1.82, 2.24) is 14.3 Å². The highest BCUT2D eigenvalue weighted by atomic mass is 32.2. The van der Waals surface area contributed by atoms with E-state index in [0.29, 0.717) is 0 Å². The highest BCUT2D eigenvalue weighted by Gasteiger charge is 2.15. The fourth-order valence-electron chi connectivity index (χ4n) is 3.38. The van der Waals surface area contributed by atoms with Gasteiger partial charge in [-0.15, -0.1) is 11.8 Å². The van der Waals surface area contributed by atoms with Gasteiger partial charge in [0.25, 0.3) is 0 Å². The topological polar surface area (TPSA) is 20.5 Å². The third kappa shape index (κ3) is 3.92. The summed E-state index contributed by atoms with van der Waals surface area (Å²) in [4.78, 5) is 8.54. The molecule has 0 bridgehead atoms. The van der Waals surface area contributed by atoms with Crippen LogP contribution in [0.5, 0.6) is 0 Å². The molecule has 27 heavy (non-hydrogen) atoms. The maximum atomic E-state index is 4.90. The van der Waals surface area contributed by atoms with Crippen molar-refractivity contribution < 1.29 is 0 Å². The first kappa shape index (κ1) is 17.8. The van der Waals surface area contributed by atoms with Gasteiger partial charge in [-0.2, -0.15) is 0 Å². The minimum Gasteiger partial charge on any atom is -0.302 e. The molecule has 0 spiro atoms. The summed E-state index contributed by atoms with van der Waals surface area (Å²) in [5.41, 5.74) is 5.76. The molecule has 2 aromatic heterocycles. The van der Waals surface area contributed by atoms with Crippen molar-refractivity contribution in [2.24, 2.45) is 0 Å². The molecule has 0 aliphatic heterocycles. The van der Waals surface area contributed by atoms with Crippen LogP contribution in [0, 0.1) is 0 Å². The van der Waals surface area contributed by atoms with Gasteiger partial charge in [-0.1, -0.05) is 48.5 Å². The summed E-state index contributed by atoms with van der Waals surface area (Å²) in [6, 6.07) is 25.4. The molecule has 0 unspecified atom stereocenters. The number of hydrogen-bond donors (Lipinski definition) is 0. The van der Waals surface area contributed by atoms with Crippen LogP contribution in [0.1, 0.15) is 11.3 Å². The van der Waals surface area contributed by atoms with Crippen LogP contribution >= 0.6 is 11.8 Å². The van der Waals surface area contributed by atoms with Crippen molar-refractivity contribution in [3.05, 3.63) is 90.3 Å². The Morgan fingerprint density at radius 2 is 1.63 bits per heavy atom. The van der Waals surface area contributed by atoms with Crippen LogP contribution in [-0.4, -0.2) is 27.6 Å². The van der Waals surface area contributed by atoms with Crippen LogP contribution in [-0.2, 0) is 13.1 Å². The lowest BCUT2D eigenvalue weighted by molar-refractivity contribution is 0.314. The van der Waals surface area contributed by atoms with Gasteiger partial charge in [0.15, 0.2) is 0 Å². The fourth-order valence-corrected chi connectivity index (χ4v) is 3.79. The van der Waals surface area contributed by atoms with Crippen LogP contribution < -0.4 is 0 Å². The van der Waals surface area contributed by atoms with E-state index >= 15 is 0 Å². The van der Waals surface area contributed by atoms with Crippen molar-refractivity contribution in [3.63, 3.8) is 0 Å². The summed E-state index contributed by atoms with van der Waals surface area (Å²) in [7, 11) is 2.17. The molecule has 0 aliphatic carbocycles. The smallest absolute Gasteiger partial charge is 0.137 e. The number of rotatable bonds is 6. The van der Waals surface area contributed by atoms with E-state index in [0.717, 1.165) is 30.0 Å². The van der Waals surface area contributed by atoms with Crippen LogP contribution in [0.3, 0.4) is 0 Å².